The molecular weight excluding hydrogens is 1730 g/mol. The van der Waals surface area contributed by atoms with Crippen LogP contribution in [0, 0.1) is 13.8 Å². The molecule has 8 saturated heterocycles. The molecule has 0 saturated carbocycles. The number of hydrogen-bond donors (Lipinski definition) is 7. The Labute approximate surface area is 669 Å². The number of imidazole rings is 3. The molecule has 8 fully saturated rings. The standard InChI is InChI=1S/C57H72N19O29P5S5/c1-21-9-72(53(81)70-46(21)78)30-7-26(101-106(83,111)88-6)28(96-30)11-89-107(84,112)102-27-8-31(74-18-65-32-41(58)61-16-63-43(32)74)97-29(27)12-90-108(85,113)104-40-37-50(75-19-66-33-42(59)62-17-64-44(33)75)100-57(40,25(5)95-37)15-92-110(87,115)105-39-36-49(73-10-22(2)47(79)71-54(73)82)99-56(39,24(4)94-36)14-91-109(86,114)103-38-35-51(98-55(38,13-77)23(3)93-35)76-20-67-34-45(76)68-52(60)69-48(34)80/h9-10,16-20,23-31,35-40,49-51,77H,7-8,11-15H2,1-6H3,(H,83,111)(H,84,112)(H,85,113)(H,86,114)(H,87,115)(H2,58,61,63)(H2,59,62,64)(H,70,78,81)(H,71,79,82)(H3,60,68,69,80)/p-5/t23-,24-,25-,26+,27+,28+,29+,30+,31+,35?,36?,37?,38+,39+,40+,49+,50+,51+,55-,56-,57-,106?,107?,108?,109?,110?/m0/s1. The molecule has 8 aromatic rings. The van der Waals surface area contributed by atoms with Crippen molar-refractivity contribution in [1.29, 1.82) is 0 Å². The van der Waals surface area contributed by atoms with E-state index in [0.29, 0.717) is 0 Å². The Bertz CT molecular complexity index is 5770. The third kappa shape index (κ3) is 15.1. The van der Waals surface area contributed by atoms with E-state index in [1.807, 2.05) is 0 Å². The van der Waals surface area contributed by atoms with E-state index in [1.165, 1.54) is 72.9 Å². The molecule has 48 nitrogen and oxygen atoms in total. The molecule has 0 amide bonds. The summed E-state index contributed by atoms with van der Waals surface area (Å²) < 4.78 is 133. The molecule has 0 aliphatic carbocycles. The van der Waals surface area contributed by atoms with E-state index in [4.69, 9.17) is 160 Å². The predicted octanol–water partition coefficient (Wildman–Crippen LogP) is -3.37. The third-order valence-electron chi connectivity index (χ3n) is 21.1. The first-order valence-corrected chi connectivity index (χ1v) is 47.3. The molecule has 16 heterocycles. The number of rotatable bonds is 29. The number of aromatic nitrogens is 16. The lowest BCUT2D eigenvalue weighted by Crippen LogP contribution is -2.52. The molecule has 0 spiro atoms. The van der Waals surface area contributed by atoms with Crippen LogP contribution in [0.3, 0.4) is 0 Å². The quantitative estimate of drug-likeness (QED) is 0.0178. The van der Waals surface area contributed by atoms with Gasteiger partial charge in [-0.1, -0.05) is 47.2 Å². The average molecular weight is 1800 g/mol. The zero-order valence-electron chi connectivity index (χ0n) is 60.1. The van der Waals surface area contributed by atoms with E-state index in [-0.39, 0.29) is 75.0 Å². The van der Waals surface area contributed by atoms with Crippen LogP contribution in [0.1, 0.15) is 75.9 Å². The van der Waals surface area contributed by atoms with Gasteiger partial charge >= 0.3 is 11.4 Å². The van der Waals surface area contributed by atoms with E-state index < -0.39 is 222 Å². The van der Waals surface area contributed by atoms with Crippen molar-refractivity contribution < 1.29 is 112 Å². The Morgan fingerprint density at radius 2 is 0.965 bits per heavy atom. The number of aromatic amines is 3. The van der Waals surface area contributed by atoms with Gasteiger partial charge in [0.25, 0.3) is 16.7 Å². The van der Waals surface area contributed by atoms with Crippen LogP contribution < -0.4 is 64.8 Å². The molecule has 58 heteroatoms. The molecule has 115 heavy (non-hydrogen) atoms. The van der Waals surface area contributed by atoms with Crippen LogP contribution >= 0.6 is 33.7 Å². The topological polar surface area (TPSA) is 634 Å². The Hall–Kier alpha value is -5.53. The maximum Gasteiger partial charge on any atom is 0.330 e. The smallest absolute Gasteiger partial charge is 0.330 e. The van der Waals surface area contributed by atoms with Crippen LogP contribution in [-0.2, 0) is 147 Å². The number of hydrogen-bond acceptors (Lipinski definition) is 45. The second-order valence-corrected chi connectivity index (χ2v) is 41.5. The van der Waals surface area contributed by atoms with Crippen molar-refractivity contribution in [3.8, 4) is 0 Å². The highest BCUT2D eigenvalue weighted by Gasteiger charge is 2.71. The van der Waals surface area contributed by atoms with Gasteiger partial charge in [-0.2, -0.15) is 4.98 Å². The van der Waals surface area contributed by atoms with E-state index >= 15 is 9.46 Å². The Morgan fingerprint density at radius 1 is 0.539 bits per heavy atom. The van der Waals surface area contributed by atoms with Crippen molar-refractivity contribution >= 4 is 144 Å². The van der Waals surface area contributed by atoms with Crippen molar-refractivity contribution in [3.05, 3.63) is 107 Å². The third-order valence-corrected chi connectivity index (χ3v) is 28.9. The molecule has 8 unspecified atom stereocenters. The van der Waals surface area contributed by atoms with Gasteiger partial charge in [-0.05, 0) is 34.6 Å². The predicted molar refractivity (Wildman–Crippen MR) is 397 cm³/mol. The van der Waals surface area contributed by atoms with E-state index in [0.717, 1.165) is 28.8 Å². The second kappa shape index (κ2) is 30.6. The molecule has 10 N–H and O–H groups in total. The van der Waals surface area contributed by atoms with Gasteiger partial charge in [-0.25, -0.2) is 44.5 Å². The number of aliphatic hydroxyl groups excluding tert-OH is 1. The minimum atomic E-state index is -5.16. The number of fused-ring (bicyclic) bond motifs is 9. The summed E-state index contributed by atoms with van der Waals surface area (Å²) in [4.78, 5) is 163. The van der Waals surface area contributed by atoms with Crippen molar-refractivity contribution in [1.82, 2.24) is 77.7 Å². The molecule has 16 rings (SSSR count). The fourth-order valence-corrected chi connectivity index (χ4v) is 22.1. The maximum atomic E-state index is 15.4. The number of ether oxygens (including phenoxy) is 8. The van der Waals surface area contributed by atoms with Crippen LogP contribution in [0.2, 0.25) is 0 Å². The van der Waals surface area contributed by atoms with Crippen molar-refractivity contribution in [2.75, 3.05) is 57.3 Å². The number of nitrogen functional groups attached to an aromatic ring is 3. The second-order valence-electron chi connectivity index (χ2n) is 27.8. The van der Waals surface area contributed by atoms with Crippen LogP contribution in [0.4, 0.5) is 17.6 Å². The molecule has 8 aliphatic heterocycles. The Kier molecular flexibility index (Phi) is 22.1. The summed E-state index contributed by atoms with van der Waals surface area (Å²) in [5, 5.41) is 11.0. The van der Waals surface area contributed by atoms with E-state index in [1.54, 1.807) is 6.92 Å². The molecular formula is C57H67N19O29P5S5-5. The van der Waals surface area contributed by atoms with Gasteiger partial charge in [-0.15, -0.1) is 0 Å². The van der Waals surface area contributed by atoms with Gasteiger partial charge in [0.05, 0.1) is 82.5 Å². The first-order valence-electron chi connectivity index (χ1n) is 34.5. The summed E-state index contributed by atoms with van der Waals surface area (Å²) >= 11 is 27.4. The van der Waals surface area contributed by atoms with Gasteiger partial charge in [-0.3, -0.25) is 56.7 Å². The monoisotopic (exact) mass is 1800 g/mol. The molecule has 8 aliphatic rings. The lowest BCUT2D eigenvalue weighted by atomic mass is 9.94. The van der Waals surface area contributed by atoms with Crippen LogP contribution in [-0.4, -0.2) is 219 Å². The highest BCUT2D eigenvalue weighted by molar-refractivity contribution is 8.32. The largest absolute Gasteiger partial charge is 0.780 e. The highest BCUT2D eigenvalue weighted by atomic mass is 32.7. The highest BCUT2D eigenvalue weighted by Crippen LogP contribution is 2.63. The molecule has 8 aromatic heterocycles. The van der Waals surface area contributed by atoms with E-state index in [2.05, 4.69) is 54.8 Å². The average Bonchev–Trinajstić information content (AvgIpc) is 1.55. The normalized spacial score (nSPS) is 34.8. The zero-order valence-corrected chi connectivity index (χ0v) is 68.6. The summed E-state index contributed by atoms with van der Waals surface area (Å²) in [6, 6.07) is 0. The first kappa shape index (κ1) is 83.1. The van der Waals surface area contributed by atoms with Crippen molar-refractivity contribution in [2.24, 2.45) is 0 Å². The van der Waals surface area contributed by atoms with Gasteiger partial charge in [0.15, 0.2) is 59.6 Å². The van der Waals surface area contributed by atoms with Gasteiger partial charge in [0.1, 0.15) is 129 Å². The van der Waals surface area contributed by atoms with Crippen LogP contribution in [0.25, 0.3) is 33.5 Å². The number of nitrogens with two attached hydrogens (primary N) is 3. The minimum Gasteiger partial charge on any atom is -0.780 e. The van der Waals surface area contributed by atoms with E-state index in [9.17, 15) is 43.8 Å². The molecule has 6 bridgehead atoms. The summed E-state index contributed by atoms with van der Waals surface area (Å²) in [5.41, 5.74) is 8.75. The minimum absolute atomic E-state index is 0.00131. The van der Waals surface area contributed by atoms with Crippen molar-refractivity contribution in [3.63, 3.8) is 0 Å². The Morgan fingerprint density at radius 3 is 1.51 bits per heavy atom. The number of aryl methyl sites for hydroxylation is 2. The SMILES string of the molecule is COP([O-])(=S)O[C@@H]1C[C@H](n2cc(C)c(=O)[nH]c2=O)O[C@@H]1COP([O-])(=S)O[C@@H]1C[C@H](n2cnc3c(N)ncnc32)O[C@@H]1COP([O-])(=S)O[C@@H]1C2O[C@@H](C)[C@]1(COP(=O)([S-])O[C@@H]1C3O[C@@H](C)[C@]1(COP([O-])(=S)O[C@@H]1C4O[C@@H](C)[C@]1(CO)O[C@H]4n1cnc4c(=O)[nH]c(N)nc41)O[C@H]3n1cc(C)c(=O)[nH]c1=O)O[C@H]2n1cnc2c(N)ncnc21. The fraction of sp³-hybridized carbons (Fsp3) is 0.596. The number of anilines is 3. The van der Waals surface area contributed by atoms with Gasteiger partial charge in [0.2, 0.25) is 5.95 Å². The van der Waals surface area contributed by atoms with Crippen molar-refractivity contribution in [2.45, 2.75) is 175 Å². The number of nitrogens with zero attached hydrogens (tertiary/aromatic N) is 13. The van der Waals surface area contributed by atoms with Crippen LogP contribution in [0.15, 0.2) is 68.0 Å². The first-order chi connectivity index (χ1) is 54.3. The van der Waals surface area contributed by atoms with Gasteiger partial charge < -0.3 is 137 Å². The zero-order chi connectivity index (χ0) is 81.9. The number of H-pyrrole nitrogens is 3. The maximum absolute atomic E-state index is 15.4. The molecule has 0 radical (unpaired) electrons. The summed E-state index contributed by atoms with van der Waals surface area (Å²) in [6.45, 7) is -21.0. The molecule has 26 atom stereocenters. The number of aliphatic hydroxyl groups is 1. The van der Waals surface area contributed by atoms with Crippen LogP contribution in [0.5, 0.6) is 0 Å². The fourth-order valence-electron chi connectivity index (χ4n) is 15.3. The Balaban J connectivity index is 0.662. The molecule has 0 aromatic carbocycles. The number of nitrogens with one attached hydrogen (secondary N) is 3. The summed E-state index contributed by atoms with van der Waals surface area (Å²) in [5.74, 6) is -0.300. The summed E-state index contributed by atoms with van der Waals surface area (Å²) in [6.07, 6.45) is -16.4. The molecule has 624 valence electrons. The lowest BCUT2D eigenvalue weighted by Gasteiger charge is -2.42. The van der Waals surface area contributed by atoms with Gasteiger partial charge in [0, 0.05) is 43.5 Å². The summed E-state index contributed by atoms with van der Waals surface area (Å²) in [7, 11) is 1.04. The lowest BCUT2D eigenvalue weighted by molar-refractivity contribution is -0.240.